The van der Waals surface area contributed by atoms with Gasteiger partial charge < -0.3 is 10.1 Å². The Morgan fingerprint density at radius 1 is 1.35 bits per heavy atom. The molecule has 1 heterocycles. The van der Waals surface area contributed by atoms with E-state index in [1.807, 2.05) is 0 Å². The fraction of sp³-hybridized carbons (Fsp3) is 1.00. The van der Waals surface area contributed by atoms with Crippen LogP contribution in [0.3, 0.4) is 0 Å². The quantitative estimate of drug-likeness (QED) is 0.664. The zero-order chi connectivity index (χ0) is 12.5. The molecule has 2 heteroatoms. The lowest BCUT2D eigenvalue weighted by atomic mass is 9.90. The molecule has 1 fully saturated rings. The lowest BCUT2D eigenvalue weighted by molar-refractivity contribution is 0.0920. The molecule has 17 heavy (non-hydrogen) atoms. The van der Waals surface area contributed by atoms with E-state index in [4.69, 9.17) is 4.74 Å². The Hall–Kier alpha value is -0.0800. The summed E-state index contributed by atoms with van der Waals surface area (Å²) in [6.07, 6.45) is 11.0. The van der Waals surface area contributed by atoms with Crippen LogP contribution >= 0.6 is 0 Å². The third kappa shape index (κ3) is 5.87. The van der Waals surface area contributed by atoms with Gasteiger partial charge in [0.25, 0.3) is 0 Å². The second-order valence-corrected chi connectivity index (χ2v) is 5.51. The minimum absolute atomic E-state index is 0.524. The van der Waals surface area contributed by atoms with Crippen LogP contribution in [0.25, 0.3) is 0 Å². The Balaban J connectivity index is 2.27. The third-order valence-electron chi connectivity index (χ3n) is 4.14. The molecule has 0 aliphatic carbocycles. The summed E-state index contributed by atoms with van der Waals surface area (Å²) in [4.78, 5) is 0. The number of unbranched alkanes of at least 4 members (excludes halogenated alkanes) is 1. The first kappa shape index (κ1) is 15.0. The van der Waals surface area contributed by atoms with Gasteiger partial charge >= 0.3 is 0 Å². The predicted octanol–water partition coefficient (Wildman–Crippen LogP) is 3.75. The standard InChI is InChI=1S/C15H31NO/c1-4-6-8-13(5-2)11-14(16-3)12-15-9-7-10-17-15/h13-16H,4-12H2,1-3H3. The predicted molar refractivity (Wildman–Crippen MR) is 74.4 cm³/mol. The largest absolute Gasteiger partial charge is 0.378 e. The minimum atomic E-state index is 0.524. The van der Waals surface area contributed by atoms with Crippen LogP contribution in [-0.4, -0.2) is 25.8 Å². The van der Waals surface area contributed by atoms with Gasteiger partial charge in [0, 0.05) is 12.6 Å². The molecule has 1 rings (SSSR count). The first-order chi connectivity index (χ1) is 8.30. The molecule has 0 spiro atoms. The van der Waals surface area contributed by atoms with E-state index in [0.29, 0.717) is 12.1 Å². The van der Waals surface area contributed by atoms with Crippen molar-refractivity contribution < 1.29 is 4.74 Å². The van der Waals surface area contributed by atoms with Gasteiger partial charge in [-0.25, -0.2) is 0 Å². The zero-order valence-corrected chi connectivity index (χ0v) is 12.0. The van der Waals surface area contributed by atoms with Crippen molar-refractivity contribution in [2.75, 3.05) is 13.7 Å². The van der Waals surface area contributed by atoms with Crippen LogP contribution in [0, 0.1) is 5.92 Å². The van der Waals surface area contributed by atoms with Gasteiger partial charge in [-0.15, -0.1) is 0 Å². The topological polar surface area (TPSA) is 21.3 Å². The van der Waals surface area contributed by atoms with Crippen LogP contribution in [0.1, 0.15) is 65.2 Å². The molecule has 0 aromatic heterocycles. The number of hydrogen-bond donors (Lipinski definition) is 1. The first-order valence-electron chi connectivity index (χ1n) is 7.59. The van der Waals surface area contributed by atoms with Crippen LogP contribution < -0.4 is 5.32 Å². The van der Waals surface area contributed by atoms with Crippen molar-refractivity contribution >= 4 is 0 Å². The maximum absolute atomic E-state index is 5.74. The molecule has 0 amide bonds. The summed E-state index contributed by atoms with van der Waals surface area (Å²) < 4.78 is 5.74. The van der Waals surface area contributed by atoms with Crippen LogP contribution in [0.15, 0.2) is 0 Å². The molecule has 0 radical (unpaired) electrons. The van der Waals surface area contributed by atoms with Crippen LogP contribution in [0.5, 0.6) is 0 Å². The lowest BCUT2D eigenvalue weighted by Gasteiger charge is -2.24. The smallest absolute Gasteiger partial charge is 0.0590 e. The van der Waals surface area contributed by atoms with E-state index >= 15 is 0 Å². The molecule has 1 aliphatic heterocycles. The molecule has 0 aromatic carbocycles. The van der Waals surface area contributed by atoms with Gasteiger partial charge in [0.1, 0.15) is 0 Å². The van der Waals surface area contributed by atoms with Gasteiger partial charge in [0.2, 0.25) is 0 Å². The molecule has 3 unspecified atom stereocenters. The maximum atomic E-state index is 5.74. The monoisotopic (exact) mass is 241 g/mol. The Bertz CT molecular complexity index is 178. The van der Waals surface area contributed by atoms with Crippen LogP contribution in [0.4, 0.5) is 0 Å². The van der Waals surface area contributed by atoms with E-state index in [-0.39, 0.29) is 0 Å². The Morgan fingerprint density at radius 3 is 2.71 bits per heavy atom. The highest BCUT2D eigenvalue weighted by Crippen LogP contribution is 2.23. The highest BCUT2D eigenvalue weighted by Gasteiger charge is 2.21. The molecule has 102 valence electrons. The maximum Gasteiger partial charge on any atom is 0.0590 e. The minimum Gasteiger partial charge on any atom is -0.378 e. The molecular weight excluding hydrogens is 210 g/mol. The molecule has 3 atom stereocenters. The van der Waals surface area contributed by atoms with E-state index in [2.05, 4.69) is 26.2 Å². The van der Waals surface area contributed by atoms with Gasteiger partial charge in [-0.1, -0.05) is 39.5 Å². The number of hydrogen-bond acceptors (Lipinski definition) is 2. The number of nitrogens with one attached hydrogen (secondary N) is 1. The lowest BCUT2D eigenvalue weighted by Crippen LogP contribution is -2.31. The Kier molecular flexibility index (Phi) is 7.87. The van der Waals surface area contributed by atoms with E-state index in [0.717, 1.165) is 12.5 Å². The third-order valence-corrected chi connectivity index (χ3v) is 4.14. The molecule has 1 saturated heterocycles. The molecule has 0 bridgehead atoms. The summed E-state index contributed by atoms with van der Waals surface area (Å²) in [5.41, 5.74) is 0. The highest BCUT2D eigenvalue weighted by molar-refractivity contribution is 4.76. The second kappa shape index (κ2) is 8.93. The van der Waals surface area contributed by atoms with E-state index < -0.39 is 0 Å². The van der Waals surface area contributed by atoms with Crippen LogP contribution in [0.2, 0.25) is 0 Å². The van der Waals surface area contributed by atoms with E-state index in [9.17, 15) is 0 Å². The molecule has 0 aromatic rings. The molecule has 0 saturated carbocycles. The van der Waals surface area contributed by atoms with Crippen molar-refractivity contribution in [2.45, 2.75) is 77.4 Å². The van der Waals surface area contributed by atoms with Gasteiger partial charge in [-0.2, -0.15) is 0 Å². The fourth-order valence-electron chi connectivity index (χ4n) is 2.86. The Morgan fingerprint density at radius 2 is 2.18 bits per heavy atom. The highest BCUT2D eigenvalue weighted by atomic mass is 16.5. The fourth-order valence-corrected chi connectivity index (χ4v) is 2.86. The summed E-state index contributed by atoms with van der Waals surface area (Å²) in [6, 6.07) is 0.653. The van der Waals surface area contributed by atoms with E-state index in [1.54, 1.807) is 0 Å². The number of rotatable bonds is 9. The first-order valence-corrected chi connectivity index (χ1v) is 7.59. The SMILES string of the molecule is CCCCC(CC)CC(CC1CCCO1)NC. The average Bonchev–Trinajstić information content (AvgIpc) is 2.85. The summed E-state index contributed by atoms with van der Waals surface area (Å²) in [7, 11) is 2.10. The van der Waals surface area contributed by atoms with Crippen molar-refractivity contribution in [3.8, 4) is 0 Å². The van der Waals surface area contributed by atoms with Crippen molar-refractivity contribution in [3.63, 3.8) is 0 Å². The van der Waals surface area contributed by atoms with Crippen LogP contribution in [-0.2, 0) is 4.74 Å². The molecule has 2 nitrogen and oxygen atoms in total. The summed E-state index contributed by atoms with van der Waals surface area (Å²) in [6.45, 7) is 5.60. The van der Waals surface area contributed by atoms with Crippen molar-refractivity contribution in [2.24, 2.45) is 5.92 Å². The molecule has 1 N–H and O–H groups in total. The molecule has 1 aliphatic rings. The summed E-state index contributed by atoms with van der Waals surface area (Å²) >= 11 is 0. The van der Waals surface area contributed by atoms with E-state index in [1.165, 1.54) is 51.4 Å². The van der Waals surface area contributed by atoms with Gasteiger partial charge in [0.15, 0.2) is 0 Å². The van der Waals surface area contributed by atoms with Gasteiger partial charge in [-0.3, -0.25) is 0 Å². The van der Waals surface area contributed by atoms with Crippen molar-refractivity contribution in [1.29, 1.82) is 0 Å². The summed E-state index contributed by atoms with van der Waals surface area (Å²) in [5, 5.41) is 3.49. The zero-order valence-electron chi connectivity index (χ0n) is 12.0. The second-order valence-electron chi connectivity index (χ2n) is 5.51. The van der Waals surface area contributed by atoms with Crippen molar-refractivity contribution in [1.82, 2.24) is 5.32 Å². The summed E-state index contributed by atoms with van der Waals surface area (Å²) in [5.74, 6) is 0.897. The average molecular weight is 241 g/mol. The molecular formula is C15H31NO. The van der Waals surface area contributed by atoms with Gasteiger partial charge in [0.05, 0.1) is 6.10 Å². The van der Waals surface area contributed by atoms with Crippen molar-refractivity contribution in [3.05, 3.63) is 0 Å². The number of ether oxygens (including phenoxy) is 1. The van der Waals surface area contributed by atoms with Gasteiger partial charge in [-0.05, 0) is 38.6 Å². The normalized spacial score (nSPS) is 23.8. The Labute approximate surface area is 108 Å².